The van der Waals surface area contributed by atoms with Crippen molar-refractivity contribution in [2.24, 2.45) is 10.7 Å². The van der Waals surface area contributed by atoms with Crippen LogP contribution in [-0.2, 0) is 12.0 Å². The Kier molecular flexibility index (Phi) is 7.16. The molecule has 0 unspecified atom stereocenters. The molecule has 0 aliphatic carbocycles. The van der Waals surface area contributed by atoms with Crippen molar-refractivity contribution in [3.8, 4) is 11.3 Å². The lowest BCUT2D eigenvalue weighted by Gasteiger charge is -2.13. The van der Waals surface area contributed by atoms with Gasteiger partial charge in [-0.05, 0) is 24.1 Å². The first kappa shape index (κ1) is 23.3. The van der Waals surface area contributed by atoms with E-state index < -0.39 is 0 Å². The van der Waals surface area contributed by atoms with Crippen LogP contribution in [0.1, 0.15) is 46.6 Å². The number of nitrogens with zero attached hydrogens (tertiary/aromatic N) is 4. The van der Waals surface area contributed by atoms with Crippen molar-refractivity contribution >= 4 is 29.0 Å². The second-order valence-corrected chi connectivity index (χ2v) is 9.27. The van der Waals surface area contributed by atoms with Crippen molar-refractivity contribution in [1.82, 2.24) is 31.1 Å². The minimum atomic E-state index is -0.118. The number of nitrogens with two attached hydrogens (primary N) is 1. The maximum Gasteiger partial charge on any atom is 0.263 e. The molecule has 168 valence electrons. The maximum absolute atomic E-state index is 12.5. The zero-order chi connectivity index (χ0) is 23.3. The molecule has 1 aromatic carbocycles. The fourth-order valence-electron chi connectivity index (χ4n) is 2.89. The van der Waals surface area contributed by atoms with Crippen molar-refractivity contribution in [1.29, 1.82) is 0 Å². The number of nitrogens with one attached hydrogen (secondary N) is 3. The lowest BCUT2D eigenvalue weighted by Crippen LogP contribution is -2.39. The van der Waals surface area contributed by atoms with Crippen LogP contribution in [0.2, 0.25) is 0 Å². The van der Waals surface area contributed by atoms with E-state index in [1.165, 1.54) is 17.7 Å². The van der Waals surface area contributed by atoms with Crippen LogP contribution < -0.4 is 21.9 Å². The normalized spacial score (nSPS) is 12.0. The SMILES string of the molecule is CNNC(N)=Nc1cc(-c2ccc(CNC(=O)c3cnc(C(C)(C)C)s3)c(C)c2)ncn1. The molecule has 0 saturated heterocycles. The average molecular weight is 453 g/mol. The van der Waals surface area contributed by atoms with Crippen LogP contribution >= 0.6 is 11.3 Å². The second-order valence-electron chi connectivity index (χ2n) is 8.24. The number of aryl methyl sites for hydroxylation is 1. The molecule has 3 aromatic rings. The Morgan fingerprint density at radius 2 is 1.97 bits per heavy atom. The number of aromatic nitrogens is 3. The molecule has 0 saturated carbocycles. The van der Waals surface area contributed by atoms with Crippen LogP contribution in [-0.4, -0.2) is 33.9 Å². The van der Waals surface area contributed by atoms with Gasteiger partial charge in [-0.1, -0.05) is 32.9 Å². The van der Waals surface area contributed by atoms with Gasteiger partial charge < -0.3 is 11.1 Å². The highest BCUT2D eigenvalue weighted by Crippen LogP contribution is 2.27. The molecule has 0 bridgehead atoms. The molecule has 2 aromatic heterocycles. The predicted molar refractivity (Wildman–Crippen MR) is 128 cm³/mol. The van der Waals surface area contributed by atoms with Gasteiger partial charge in [0.1, 0.15) is 11.2 Å². The van der Waals surface area contributed by atoms with Gasteiger partial charge >= 0.3 is 0 Å². The Labute approximate surface area is 191 Å². The summed E-state index contributed by atoms with van der Waals surface area (Å²) in [5.41, 5.74) is 14.8. The van der Waals surface area contributed by atoms with E-state index in [1.807, 2.05) is 25.1 Å². The third kappa shape index (κ3) is 5.86. The maximum atomic E-state index is 12.5. The van der Waals surface area contributed by atoms with Crippen molar-refractivity contribution in [2.75, 3.05) is 7.05 Å². The predicted octanol–water partition coefficient (Wildman–Crippen LogP) is 2.81. The van der Waals surface area contributed by atoms with Gasteiger partial charge in [-0.15, -0.1) is 11.3 Å². The molecule has 9 nitrogen and oxygen atoms in total. The third-order valence-corrected chi connectivity index (χ3v) is 6.01. The largest absolute Gasteiger partial charge is 0.369 e. The van der Waals surface area contributed by atoms with Crippen molar-refractivity contribution in [3.63, 3.8) is 0 Å². The Bertz CT molecular complexity index is 1130. The summed E-state index contributed by atoms with van der Waals surface area (Å²) in [6, 6.07) is 7.73. The zero-order valence-corrected chi connectivity index (χ0v) is 19.7. The summed E-state index contributed by atoms with van der Waals surface area (Å²) >= 11 is 1.43. The van der Waals surface area contributed by atoms with Crippen molar-refractivity contribution in [2.45, 2.75) is 39.7 Å². The molecular weight excluding hydrogens is 424 g/mol. The average Bonchev–Trinajstić information content (AvgIpc) is 3.24. The van der Waals surface area contributed by atoms with Gasteiger partial charge in [-0.2, -0.15) is 4.99 Å². The standard InChI is InChI=1S/C22H28N8OS/c1-13-8-14(16-9-18(28-12-27-16)29-21(23)30-24-5)6-7-15(13)10-25-19(31)17-11-26-20(32-17)22(2,3)4/h6-9,11-12,24H,10H2,1-5H3,(H,25,31)(H3,23,27,28,29,30). The molecule has 0 spiro atoms. The van der Waals surface area contributed by atoms with Crippen molar-refractivity contribution < 1.29 is 4.79 Å². The van der Waals surface area contributed by atoms with Gasteiger partial charge in [0.15, 0.2) is 5.82 Å². The number of aliphatic imine (C=N–C) groups is 1. The van der Waals surface area contributed by atoms with E-state index >= 15 is 0 Å². The Morgan fingerprint density at radius 1 is 1.19 bits per heavy atom. The number of guanidine groups is 1. The van der Waals surface area contributed by atoms with Gasteiger partial charge in [0, 0.05) is 30.6 Å². The summed E-state index contributed by atoms with van der Waals surface area (Å²) in [6.45, 7) is 8.68. The first-order valence-electron chi connectivity index (χ1n) is 10.1. The number of hydrogen-bond acceptors (Lipinski definition) is 7. The number of carbonyl (C=O) groups is 1. The summed E-state index contributed by atoms with van der Waals surface area (Å²) in [7, 11) is 1.70. The number of hydrogen-bond donors (Lipinski definition) is 4. The molecule has 0 aliphatic rings. The Morgan fingerprint density at radius 3 is 2.62 bits per heavy atom. The Hall–Kier alpha value is -3.37. The van der Waals surface area contributed by atoms with Gasteiger partial charge in [-0.25, -0.2) is 20.4 Å². The number of thiazole rings is 1. The smallest absolute Gasteiger partial charge is 0.263 e. The van der Waals surface area contributed by atoms with E-state index in [-0.39, 0.29) is 17.3 Å². The highest BCUT2D eigenvalue weighted by Gasteiger charge is 2.20. The fraction of sp³-hybridized carbons (Fsp3) is 0.318. The summed E-state index contributed by atoms with van der Waals surface area (Å²) in [5.74, 6) is 0.533. The van der Waals surface area contributed by atoms with E-state index in [0.29, 0.717) is 17.2 Å². The van der Waals surface area contributed by atoms with Gasteiger partial charge in [0.25, 0.3) is 5.91 Å². The van der Waals surface area contributed by atoms with E-state index in [9.17, 15) is 4.79 Å². The van der Waals surface area contributed by atoms with Crippen LogP contribution in [0.5, 0.6) is 0 Å². The van der Waals surface area contributed by atoms with Gasteiger partial charge in [0.05, 0.1) is 16.9 Å². The minimum Gasteiger partial charge on any atom is -0.369 e. The minimum absolute atomic E-state index is 0.0725. The van der Waals surface area contributed by atoms with Gasteiger partial charge in [-0.3, -0.25) is 10.2 Å². The molecule has 3 rings (SSSR count). The number of amides is 1. The molecule has 0 aliphatic heterocycles. The van der Waals surface area contributed by atoms with Crippen LogP contribution in [0, 0.1) is 6.92 Å². The first-order valence-corrected chi connectivity index (χ1v) is 10.9. The Balaban J connectivity index is 1.70. The molecule has 1 amide bonds. The third-order valence-electron chi connectivity index (χ3n) is 4.59. The summed E-state index contributed by atoms with van der Waals surface area (Å²) in [5, 5.41) is 3.93. The fourth-order valence-corrected chi connectivity index (χ4v) is 3.78. The first-order chi connectivity index (χ1) is 15.2. The molecular formula is C22H28N8OS. The quantitative estimate of drug-likeness (QED) is 0.257. The molecule has 0 atom stereocenters. The summed E-state index contributed by atoms with van der Waals surface area (Å²) in [4.78, 5) is 30.2. The number of hydrazine groups is 1. The van der Waals surface area contributed by atoms with Crippen molar-refractivity contribution in [3.05, 3.63) is 57.8 Å². The highest BCUT2D eigenvalue weighted by molar-refractivity contribution is 7.13. The molecule has 0 fully saturated rings. The van der Waals surface area contributed by atoms with E-state index in [4.69, 9.17) is 5.73 Å². The van der Waals surface area contributed by atoms with Crippen LogP contribution in [0.3, 0.4) is 0 Å². The van der Waals surface area contributed by atoms with Crippen LogP contribution in [0.15, 0.2) is 41.8 Å². The molecule has 10 heteroatoms. The van der Waals surface area contributed by atoms with E-state index in [1.54, 1.807) is 19.3 Å². The lowest BCUT2D eigenvalue weighted by molar-refractivity contribution is 0.0954. The number of benzene rings is 1. The summed E-state index contributed by atoms with van der Waals surface area (Å²) < 4.78 is 0. The molecule has 32 heavy (non-hydrogen) atoms. The number of rotatable bonds is 6. The van der Waals surface area contributed by atoms with E-state index in [0.717, 1.165) is 27.4 Å². The van der Waals surface area contributed by atoms with Crippen LogP contribution in [0.25, 0.3) is 11.3 Å². The summed E-state index contributed by atoms with van der Waals surface area (Å²) in [6.07, 6.45) is 3.09. The lowest BCUT2D eigenvalue weighted by atomic mass is 9.98. The second kappa shape index (κ2) is 9.84. The van der Waals surface area contributed by atoms with Gasteiger partial charge in [0.2, 0.25) is 5.96 Å². The monoisotopic (exact) mass is 452 g/mol. The molecule has 0 radical (unpaired) electrons. The number of carbonyl (C=O) groups excluding carboxylic acids is 1. The molecule has 2 heterocycles. The van der Waals surface area contributed by atoms with E-state index in [2.05, 4.69) is 56.9 Å². The zero-order valence-electron chi connectivity index (χ0n) is 18.9. The molecule has 5 N–H and O–H groups in total. The highest BCUT2D eigenvalue weighted by atomic mass is 32.1. The topological polar surface area (TPSA) is 130 Å². The van der Waals surface area contributed by atoms with Crippen LogP contribution in [0.4, 0.5) is 5.82 Å².